The molecule has 2 aromatic rings. The maximum absolute atomic E-state index is 5.59. The van der Waals surface area contributed by atoms with E-state index in [2.05, 4.69) is 20.3 Å². The molecular formula is C12H15N5O. The molecule has 0 saturated heterocycles. The molecule has 0 radical (unpaired) electrons. The number of nitrogen functional groups attached to an aromatic ring is 1. The standard InChI is InChI=1S/C12H15N5O/c1-3-18-12-16-10(13)15-11(17-12)14-9-6-4-8(2)5-7-9/h4-7H,3H2,1-2H3,(H3,13,14,15,16,17). The topological polar surface area (TPSA) is 86.0 Å². The number of aryl methyl sites for hydroxylation is 1. The summed E-state index contributed by atoms with van der Waals surface area (Å²) in [5, 5.41) is 3.05. The fraction of sp³-hybridized carbons (Fsp3) is 0.250. The molecule has 0 unspecified atom stereocenters. The molecule has 0 saturated carbocycles. The third kappa shape index (κ3) is 3.07. The summed E-state index contributed by atoms with van der Waals surface area (Å²) in [5.41, 5.74) is 7.65. The van der Waals surface area contributed by atoms with E-state index in [1.807, 2.05) is 38.1 Å². The van der Waals surface area contributed by atoms with Crippen LogP contribution in [0.5, 0.6) is 6.01 Å². The van der Waals surface area contributed by atoms with Crippen molar-refractivity contribution in [3.8, 4) is 6.01 Å². The minimum Gasteiger partial charge on any atom is -0.464 e. The second-order valence-electron chi connectivity index (χ2n) is 3.72. The van der Waals surface area contributed by atoms with Crippen molar-refractivity contribution >= 4 is 17.6 Å². The Labute approximate surface area is 105 Å². The molecule has 6 heteroatoms. The predicted octanol–water partition coefficient (Wildman–Crippen LogP) is 1.90. The molecule has 1 heterocycles. The summed E-state index contributed by atoms with van der Waals surface area (Å²) in [6, 6.07) is 8.09. The zero-order valence-corrected chi connectivity index (χ0v) is 10.3. The van der Waals surface area contributed by atoms with Gasteiger partial charge in [0.05, 0.1) is 6.61 Å². The molecule has 0 bridgehead atoms. The molecule has 18 heavy (non-hydrogen) atoms. The van der Waals surface area contributed by atoms with Crippen LogP contribution in [-0.2, 0) is 0 Å². The van der Waals surface area contributed by atoms with E-state index in [9.17, 15) is 0 Å². The molecule has 2 rings (SSSR count). The Morgan fingerprint density at radius 2 is 1.89 bits per heavy atom. The number of aromatic nitrogens is 3. The van der Waals surface area contributed by atoms with Crippen LogP contribution in [0.4, 0.5) is 17.6 Å². The lowest BCUT2D eigenvalue weighted by molar-refractivity contribution is 0.312. The first-order chi connectivity index (χ1) is 8.67. The second kappa shape index (κ2) is 5.31. The monoisotopic (exact) mass is 245 g/mol. The molecular weight excluding hydrogens is 230 g/mol. The smallest absolute Gasteiger partial charge is 0.323 e. The summed E-state index contributed by atoms with van der Waals surface area (Å²) in [4.78, 5) is 12.0. The van der Waals surface area contributed by atoms with Crippen molar-refractivity contribution in [1.29, 1.82) is 0 Å². The van der Waals surface area contributed by atoms with Gasteiger partial charge in [0, 0.05) is 5.69 Å². The summed E-state index contributed by atoms with van der Waals surface area (Å²) in [6.45, 7) is 4.36. The van der Waals surface area contributed by atoms with E-state index in [1.165, 1.54) is 5.56 Å². The van der Waals surface area contributed by atoms with Crippen molar-refractivity contribution < 1.29 is 4.74 Å². The Morgan fingerprint density at radius 1 is 1.17 bits per heavy atom. The van der Waals surface area contributed by atoms with Gasteiger partial charge >= 0.3 is 6.01 Å². The molecule has 94 valence electrons. The lowest BCUT2D eigenvalue weighted by Crippen LogP contribution is -2.06. The lowest BCUT2D eigenvalue weighted by atomic mass is 10.2. The summed E-state index contributed by atoms with van der Waals surface area (Å²) in [5.74, 6) is 0.498. The number of hydrogen-bond donors (Lipinski definition) is 2. The third-order valence-corrected chi connectivity index (χ3v) is 2.21. The quantitative estimate of drug-likeness (QED) is 0.855. The molecule has 0 atom stereocenters. The zero-order valence-electron chi connectivity index (χ0n) is 10.3. The Morgan fingerprint density at radius 3 is 2.56 bits per heavy atom. The molecule has 0 aliphatic carbocycles. The van der Waals surface area contributed by atoms with Crippen LogP contribution in [0.15, 0.2) is 24.3 Å². The van der Waals surface area contributed by atoms with Gasteiger partial charge in [-0.3, -0.25) is 0 Å². The fourth-order valence-electron chi connectivity index (χ4n) is 1.39. The SMILES string of the molecule is CCOc1nc(N)nc(Nc2ccc(C)cc2)n1. The minimum absolute atomic E-state index is 0.128. The molecule has 0 fully saturated rings. The van der Waals surface area contributed by atoms with Crippen molar-refractivity contribution in [2.75, 3.05) is 17.7 Å². The van der Waals surface area contributed by atoms with Crippen LogP contribution < -0.4 is 15.8 Å². The molecule has 6 nitrogen and oxygen atoms in total. The van der Waals surface area contributed by atoms with E-state index in [-0.39, 0.29) is 12.0 Å². The number of benzene rings is 1. The van der Waals surface area contributed by atoms with E-state index in [0.29, 0.717) is 12.6 Å². The Kier molecular flexibility index (Phi) is 3.57. The van der Waals surface area contributed by atoms with Gasteiger partial charge in [0.1, 0.15) is 0 Å². The van der Waals surface area contributed by atoms with Crippen molar-refractivity contribution in [2.45, 2.75) is 13.8 Å². The van der Waals surface area contributed by atoms with Gasteiger partial charge in [-0.15, -0.1) is 0 Å². The summed E-state index contributed by atoms with van der Waals surface area (Å²) in [6.07, 6.45) is 0. The predicted molar refractivity (Wildman–Crippen MR) is 69.9 cm³/mol. The Hall–Kier alpha value is -2.37. The first-order valence-corrected chi connectivity index (χ1v) is 5.65. The fourth-order valence-corrected chi connectivity index (χ4v) is 1.39. The minimum atomic E-state index is 0.128. The second-order valence-corrected chi connectivity index (χ2v) is 3.72. The summed E-state index contributed by atoms with van der Waals surface area (Å²) in [7, 11) is 0. The Balaban J connectivity index is 2.20. The van der Waals surface area contributed by atoms with Crippen LogP contribution in [-0.4, -0.2) is 21.6 Å². The average Bonchev–Trinajstić information content (AvgIpc) is 2.32. The number of anilines is 3. The molecule has 0 aliphatic heterocycles. The largest absolute Gasteiger partial charge is 0.464 e. The highest BCUT2D eigenvalue weighted by Gasteiger charge is 2.05. The van der Waals surface area contributed by atoms with Gasteiger partial charge in [0.25, 0.3) is 0 Å². The highest BCUT2D eigenvalue weighted by Crippen LogP contribution is 2.16. The third-order valence-electron chi connectivity index (χ3n) is 2.21. The molecule has 1 aromatic heterocycles. The molecule has 3 N–H and O–H groups in total. The van der Waals surface area contributed by atoms with E-state index in [1.54, 1.807) is 0 Å². The van der Waals surface area contributed by atoms with E-state index in [0.717, 1.165) is 5.69 Å². The van der Waals surface area contributed by atoms with Crippen molar-refractivity contribution in [3.63, 3.8) is 0 Å². The van der Waals surface area contributed by atoms with Gasteiger partial charge in [-0.1, -0.05) is 17.7 Å². The van der Waals surface area contributed by atoms with Crippen LogP contribution in [0.25, 0.3) is 0 Å². The average molecular weight is 245 g/mol. The molecule has 1 aromatic carbocycles. The Bertz CT molecular complexity index is 526. The summed E-state index contributed by atoms with van der Waals surface area (Å²) < 4.78 is 5.20. The van der Waals surface area contributed by atoms with Crippen molar-refractivity contribution in [3.05, 3.63) is 29.8 Å². The molecule has 0 spiro atoms. The number of ether oxygens (including phenoxy) is 1. The number of nitrogens with one attached hydrogen (secondary N) is 1. The lowest BCUT2D eigenvalue weighted by Gasteiger charge is -2.07. The number of rotatable bonds is 4. The number of nitrogens with two attached hydrogens (primary N) is 1. The van der Waals surface area contributed by atoms with Gasteiger partial charge in [-0.05, 0) is 26.0 Å². The van der Waals surface area contributed by atoms with E-state index < -0.39 is 0 Å². The summed E-state index contributed by atoms with van der Waals surface area (Å²) >= 11 is 0. The van der Waals surface area contributed by atoms with Crippen LogP contribution in [0.3, 0.4) is 0 Å². The van der Waals surface area contributed by atoms with E-state index >= 15 is 0 Å². The van der Waals surface area contributed by atoms with Gasteiger partial charge in [-0.2, -0.15) is 15.0 Å². The van der Waals surface area contributed by atoms with E-state index in [4.69, 9.17) is 10.5 Å². The van der Waals surface area contributed by atoms with Gasteiger partial charge in [0.15, 0.2) is 0 Å². The van der Waals surface area contributed by atoms with Crippen LogP contribution >= 0.6 is 0 Å². The highest BCUT2D eigenvalue weighted by atomic mass is 16.5. The van der Waals surface area contributed by atoms with Gasteiger partial charge in [0.2, 0.25) is 11.9 Å². The van der Waals surface area contributed by atoms with Crippen LogP contribution in [0.2, 0.25) is 0 Å². The first kappa shape index (κ1) is 12.1. The van der Waals surface area contributed by atoms with Gasteiger partial charge < -0.3 is 15.8 Å². The normalized spacial score (nSPS) is 10.1. The van der Waals surface area contributed by atoms with Crippen LogP contribution in [0.1, 0.15) is 12.5 Å². The first-order valence-electron chi connectivity index (χ1n) is 5.65. The zero-order chi connectivity index (χ0) is 13.0. The molecule has 0 amide bonds. The highest BCUT2D eigenvalue weighted by molar-refractivity contribution is 5.54. The van der Waals surface area contributed by atoms with Crippen molar-refractivity contribution in [2.24, 2.45) is 0 Å². The maximum Gasteiger partial charge on any atom is 0.323 e. The number of nitrogens with zero attached hydrogens (tertiary/aromatic N) is 3. The maximum atomic E-state index is 5.59. The van der Waals surface area contributed by atoms with Crippen LogP contribution in [0, 0.1) is 6.92 Å². The van der Waals surface area contributed by atoms with Gasteiger partial charge in [-0.25, -0.2) is 0 Å². The van der Waals surface area contributed by atoms with Crippen molar-refractivity contribution in [1.82, 2.24) is 15.0 Å². The number of hydrogen-bond acceptors (Lipinski definition) is 6. The molecule has 0 aliphatic rings.